The molecule has 6 heteroatoms. The smallest absolute Gasteiger partial charge is 0.325 e. The Morgan fingerprint density at radius 1 is 1.03 bits per heavy atom. The van der Waals surface area contributed by atoms with Crippen molar-refractivity contribution in [2.24, 2.45) is 5.41 Å². The molecule has 1 spiro atoms. The van der Waals surface area contributed by atoms with E-state index in [1.165, 1.54) is 10.5 Å². The number of nitrogens with zero attached hydrogens (tertiary/aromatic N) is 1. The second kappa shape index (κ2) is 7.68. The number of hydrogen-bond acceptors (Lipinski definition) is 4. The maximum absolute atomic E-state index is 13.4. The van der Waals surface area contributed by atoms with Crippen LogP contribution in [0.5, 0.6) is 5.75 Å². The predicted octanol–water partition coefficient (Wildman–Crippen LogP) is 3.47. The van der Waals surface area contributed by atoms with Crippen molar-refractivity contribution >= 4 is 11.9 Å². The molecule has 5 rings (SSSR count). The molecule has 162 valence electrons. The Hall–Kier alpha value is -2.86. The van der Waals surface area contributed by atoms with Crippen LogP contribution in [0.3, 0.4) is 0 Å². The lowest BCUT2D eigenvalue weighted by molar-refractivity contribution is -0.132. The highest BCUT2D eigenvalue weighted by Gasteiger charge is 2.56. The van der Waals surface area contributed by atoms with E-state index in [1.807, 2.05) is 36.4 Å². The molecule has 1 atom stereocenters. The zero-order chi connectivity index (χ0) is 21.5. The summed E-state index contributed by atoms with van der Waals surface area (Å²) in [7, 11) is 1.67. The van der Waals surface area contributed by atoms with Crippen molar-refractivity contribution in [3.8, 4) is 5.75 Å². The third-order valence-electron chi connectivity index (χ3n) is 6.88. The predicted molar refractivity (Wildman–Crippen MR) is 116 cm³/mol. The van der Waals surface area contributed by atoms with Crippen molar-refractivity contribution in [3.63, 3.8) is 0 Å². The Morgan fingerprint density at radius 2 is 1.84 bits per heavy atom. The summed E-state index contributed by atoms with van der Waals surface area (Å²) >= 11 is 0. The lowest BCUT2D eigenvalue weighted by Crippen LogP contribution is -2.51. The highest BCUT2D eigenvalue weighted by Crippen LogP contribution is 2.48. The van der Waals surface area contributed by atoms with Gasteiger partial charge in [0.25, 0.3) is 5.91 Å². The summed E-state index contributed by atoms with van der Waals surface area (Å²) in [5.41, 5.74) is 2.54. The van der Waals surface area contributed by atoms with Gasteiger partial charge in [0, 0.05) is 25.5 Å². The number of carbonyl (C=O) groups excluding carboxylic acids is 2. The van der Waals surface area contributed by atoms with Crippen molar-refractivity contribution < 1.29 is 19.1 Å². The van der Waals surface area contributed by atoms with Crippen molar-refractivity contribution in [3.05, 3.63) is 65.2 Å². The summed E-state index contributed by atoms with van der Waals surface area (Å²) < 4.78 is 11.2. The minimum Gasteiger partial charge on any atom is -0.493 e. The maximum atomic E-state index is 13.4. The number of carbonyl (C=O) groups is 2. The van der Waals surface area contributed by atoms with E-state index in [9.17, 15) is 9.59 Å². The SMILES string of the molecule is COCc1cccc(OCC2(CN3C(=O)N[C@@]4(CCc5ccccc5C4)C3=O)CC2)c1. The summed E-state index contributed by atoms with van der Waals surface area (Å²) in [5, 5.41) is 3.04. The van der Waals surface area contributed by atoms with E-state index >= 15 is 0 Å². The van der Waals surface area contributed by atoms with Crippen LogP contribution in [-0.2, 0) is 29.0 Å². The second-order valence-corrected chi connectivity index (χ2v) is 9.22. The number of nitrogens with one attached hydrogen (secondary N) is 1. The van der Waals surface area contributed by atoms with Crippen LogP contribution in [-0.4, -0.2) is 42.6 Å². The molecule has 0 aromatic heterocycles. The van der Waals surface area contributed by atoms with Gasteiger partial charge in [-0.15, -0.1) is 0 Å². The van der Waals surface area contributed by atoms with Gasteiger partial charge in [0.1, 0.15) is 11.3 Å². The van der Waals surface area contributed by atoms with E-state index in [0.717, 1.165) is 36.1 Å². The fourth-order valence-electron chi connectivity index (χ4n) is 4.83. The molecule has 1 N–H and O–H groups in total. The van der Waals surface area contributed by atoms with Gasteiger partial charge in [-0.1, -0.05) is 36.4 Å². The molecule has 0 radical (unpaired) electrons. The van der Waals surface area contributed by atoms with Crippen molar-refractivity contribution in [1.29, 1.82) is 0 Å². The Bertz CT molecular complexity index is 1020. The Kier molecular flexibility index (Phi) is 4.97. The van der Waals surface area contributed by atoms with Crippen LogP contribution in [0.2, 0.25) is 0 Å². The molecule has 1 aliphatic heterocycles. The average Bonchev–Trinajstić information content (AvgIpc) is 3.51. The van der Waals surface area contributed by atoms with Crippen LogP contribution in [0.1, 0.15) is 36.0 Å². The van der Waals surface area contributed by atoms with E-state index in [-0.39, 0.29) is 17.4 Å². The molecule has 6 nitrogen and oxygen atoms in total. The first-order valence-corrected chi connectivity index (χ1v) is 10.9. The standard InChI is InChI=1S/C25H28N2O4/c1-30-15-18-5-4-8-21(13-18)31-17-24(11-12-24)16-27-22(28)25(26-23(27)29)10-9-19-6-2-3-7-20(19)14-25/h2-8,13H,9-12,14-17H2,1H3,(H,26,29)/t25-/m1/s1. The number of imide groups is 1. The third kappa shape index (κ3) is 3.81. The highest BCUT2D eigenvalue weighted by molar-refractivity contribution is 6.07. The van der Waals surface area contributed by atoms with Gasteiger partial charge < -0.3 is 14.8 Å². The van der Waals surface area contributed by atoms with Crippen LogP contribution in [0.4, 0.5) is 4.79 Å². The average molecular weight is 421 g/mol. The molecule has 3 aliphatic rings. The minimum absolute atomic E-state index is 0.0830. The number of fused-ring (bicyclic) bond motifs is 1. The Labute approximate surface area is 182 Å². The first kappa shape index (κ1) is 20.1. The van der Waals surface area contributed by atoms with Gasteiger partial charge in [0.05, 0.1) is 13.2 Å². The van der Waals surface area contributed by atoms with E-state index in [0.29, 0.717) is 32.6 Å². The lowest BCUT2D eigenvalue weighted by Gasteiger charge is -2.32. The van der Waals surface area contributed by atoms with Crippen molar-refractivity contribution in [2.45, 2.75) is 44.2 Å². The van der Waals surface area contributed by atoms with E-state index in [4.69, 9.17) is 9.47 Å². The quantitative estimate of drug-likeness (QED) is 0.697. The van der Waals surface area contributed by atoms with Gasteiger partial charge in [-0.2, -0.15) is 0 Å². The molecule has 2 aromatic rings. The van der Waals surface area contributed by atoms with E-state index < -0.39 is 5.54 Å². The molecule has 2 fully saturated rings. The number of hydrogen-bond donors (Lipinski definition) is 1. The first-order valence-electron chi connectivity index (χ1n) is 10.9. The second-order valence-electron chi connectivity index (χ2n) is 9.22. The largest absolute Gasteiger partial charge is 0.493 e. The van der Waals surface area contributed by atoms with Gasteiger partial charge in [-0.3, -0.25) is 9.69 Å². The van der Waals surface area contributed by atoms with Crippen LogP contribution in [0.25, 0.3) is 0 Å². The zero-order valence-electron chi connectivity index (χ0n) is 17.9. The third-order valence-corrected chi connectivity index (χ3v) is 6.88. The topological polar surface area (TPSA) is 67.9 Å². The van der Waals surface area contributed by atoms with Gasteiger partial charge in [0.2, 0.25) is 0 Å². The number of ether oxygens (including phenoxy) is 2. The summed E-state index contributed by atoms with van der Waals surface area (Å²) in [6.45, 7) is 1.45. The maximum Gasteiger partial charge on any atom is 0.325 e. The molecule has 0 unspecified atom stereocenters. The summed E-state index contributed by atoms with van der Waals surface area (Å²) in [4.78, 5) is 27.6. The van der Waals surface area contributed by atoms with E-state index in [1.54, 1.807) is 7.11 Å². The van der Waals surface area contributed by atoms with Crippen LogP contribution in [0.15, 0.2) is 48.5 Å². The minimum atomic E-state index is -0.795. The van der Waals surface area contributed by atoms with Crippen LogP contribution >= 0.6 is 0 Å². The Morgan fingerprint density at radius 3 is 2.61 bits per heavy atom. The van der Waals surface area contributed by atoms with Gasteiger partial charge >= 0.3 is 6.03 Å². The normalized spacial score (nSPS) is 23.6. The molecule has 2 aromatic carbocycles. The number of rotatable bonds is 7. The number of benzene rings is 2. The summed E-state index contributed by atoms with van der Waals surface area (Å²) in [6, 6.07) is 15.8. The van der Waals surface area contributed by atoms with Gasteiger partial charge in [-0.25, -0.2) is 4.79 Å². The van der Waals surface area contributed by atoms with Gasteiger partial charge in [0.15, 0.2) is 0 Å². The number of methoxy groups -OCH3 is 1. The molecule has 0 bridgehead atoms. The van der Waals surface area contributed by atoms with Crippen molar-refractivity contribution in [1.82, 2.24) is 10.2 Å². The molecular formula is C25H28N2O4. The van der Waals surface area contributed by atoms with Crippen LogP contribution < -0.4 is 10.1 Å². The molecule has 1 heterocycles. The van der Waals surface area contributed by atoms with Gasteiger partial charge in [-0.05, 0) is 54.5 Å². The Balaban J connectivity index is 1.26. The molecule has 31 heavy (non-hydrogen) atoms. The first-order chi connectivity index (χ1) is 15.0. The molecule has 3 amide bonds. The molecule has 1 saturated heterocycles. The van der Waals surface area contributed by atoms with Crippen LogP contribution in [0, 0.1) is 5.41 Å². The monoisotopic (exact) mass is 420 g/mol. The number of aryl methyl sites for hydroxylation is 1. The fraction of sp³-hybridized carbons (Fsp3) is 0.440. The molecule has 1 saturated carbocycles. The highest BCUT2D eigenvalue weighted by atomic mass is 16.5. The molecular weight excluding hydrogens is 392 g/mol. The zero-order valence-corrected chi connectivity index (χ0v) is 17.9. The fourth-order valence-corrected chi connectivity index (χ4v) is 4.83. The lowest BCUT2D eigenvalue weighted by atomic mass is 9.78. The summed E-state index contributed by atoms with van der Waals surface area (Å²) in [6.07, 6.45) is 3.94. The van der Waals surface area contributed by atoms with Crippen molar-refractivity contribution in [2.75, 3.05) is 20.3 Å². The number of urea groups is 1. The molecule has 2 aliphatic carbocycles. The summed E-state index contributed by atoms with van der Waals surface area (Å²) in [5.74, 6) is 0.707. The van der Waals surface area contributed by atoms with E-state index in [2.05, 4.69) is 17.4 Å². The number of amides is 3.